The SMILES string of the molecule is NCc1ccc(-c2cccnc2C(N)=O)cc1. The van der Waals surface area contributed by atoms with Gasteiger partial charge in [0.15, 0.2) is 0 Å². The molecule has 2 aromatic rings. The van der Waals surface area contributed by atoms with Crippen molar-refractivity contribution in [3.63, 3.8) is 0 Å². The molecule has 0 aliphatic heterocycles. The summed E-state index contributed by atoms with van der Waals surface area (Å²) in [7, 11) is 0. The third-order valence-electron chi connectivity index (χ3n) is 2.54. The van der Waals surface area contributed by atoms with E-state index in [0.29, 0.717) is 6.54 Å². The molecule has 0 aliphatic rings. The summed E-state index contributed by atoms with van der Waals surface area (Å²) in [5.74, 6) is -0.525. The summed E-state index contributed by atoms with van der Waals surface area (Å²) < 4.78 is 0. The number of carbonyl (C=O) groups excluding carboxylic acids is 1. The highest BCUT2D eigenvalue weighted by Crippen LogP contribution is 2.22. The first-order valence-electron chi connectivity index (χ1n) is 5.26. The van der Waals surface area contributed by atoms with Crippen molar-refractivity contribution in [2.75, 3.05) is 0 Å². The van der Waals surface area contributed by atoms with Gasteiger partial charge >= 0.3 is 0 Å². The van der Waals surface area contributed by atoms with Crippen LogP contribution in [0.3, 0.4) is 0 Å². The maximum atomic E-state index is 11.3. The predicted octanol–water partition coefficient (Wildman–Crippen LogP) is 1.31. The van der Waals surface area contributed by atoms with Crippen molar-refractivity contribution in [2.45, 2.75) is 6.54 Å². The minimum atomic E-state index is -0.525. The first-order chi connectivity index (χ1) is 8.22. The number of amides is 1. The summed E-state index contributed by atoms with van der Waals surface area (Å²) >= 11 is 0. The van der Waals surface area contributed by atoms with Crippen LogP contribution < -0.4 is 11.5 Å². The molecule has 0 aliphatic carbocycles. The number of rotatable bonds is 3. The van der Waals surface area contributed by atoms with Crippen LogP contribution in [0.2, 0.25) is 0 Å². The average Bonchev–Trinajstić information content (AvgIpc) is 2.39. The molecule has 0 fully saturated rings. The molecular weight excluding hydrogens is 214 g/mol. The van der Waals surface area contributed by atoms with Crippen molar-refractivity contribution >= 4 is 5.91 Å². The van der Waals surface area contributed by atoms with E-state index in [1.165, 1.54) is 0 Å². The molecule has 1 aromatic heterocycles. The van der Waals surface area contributed by atoms with Gasteiger partial charge in [0.2, 0.25) is 0 Å². The average molecular weight is 227 g/mol. The van der Waals surface area contributed by atoms with Crippen LogP contribution in [-0.2, 0) is 6.54 Å². The van der Waals surface area contributed by atoms with Gasteiger partial charge in [-0.15, -0.1) is 0 Å². The zero-order valence-corrected chi connectivity index (χ0v) is 9.26. The second-order valence-corrected chi connectivity index (χ2v) is 3.66. The molecule has 0 radical (unpaired) electrons. The summed E-state index contributed by atoms with van der Waals surface area (Å²) in [5, 5.41) is 0. The number of pyridine rings is 1. The molecule has 1 heterocycles. The summed E-state index contributed by atoms with van der Waals surface area (Å²) in [5.41, 5.74) is 13.8. The maximum absolute atomic E-state index is 11.3. The fraction of sp³-hybridized carbons (Fsp3) is 0.0769. The van der Waals surface area contributed by atoms with Gasteiger partial charge in [0.25, 0.3) is 5.91 Å². The lowest BCUT2D eigenvalue weighted by molar-refractivity contribution is 0.0996. The van der Waals surface area contributed by atoms with Gasteiger partial charge in [-0.3, -0.25) is 9.78 Å². The second kappa shape index (κ2) is 4.76. The van der Waals surface area contributed by atoms with Gasteiger partial charge in [0.1, 0.15) is 5.69 Å². The first-order valence-corrected chi connectivity index (χ1v) is 5.26. The number of hydrogen-bond donors (Lipinski definition) is 2. The number of nitrogens with two attached hydrogens (primary N) is 2. The van der Waals surface area contributed by atoms with Gasteiger partial charge in [-0.2, -0.15) is 0 Å². The fourth-order valence-electron chi connectivity index (χ4n) is 1.65. The Morgan fingerprint density at radius 2 is 1.88 bits per heavy atom. The van der Waals surface area contributed by atoms with E-state index < -0.39 is 5.91 Å². The van der Waals surface area contributed by atoms with Gasteiger partial charge in [-0.1, -0.05) is 30.3 Å². The van der Waals surface area contributed by atoms with Crippen LogP contribution in [-0.4, -0.2) is 10.9 Å². The predicted molar refractivity (Wildman–Crippen MR) is 66.1 cm³/mol. The fourth-order valence-corrected chi connectivity index (χ4v) is 1.65. The minimum Gasteiger partial charge on any atom is -0.364 e. The van der Waals surface area contributed by atoms with Crippen LogP contribution in [0.25, 0.3) is 11.1 Å². The molecule has 4 nitrogen and oxygen atoms in total. The molecule has 0 atom stereocenters. The van der Waals surface area contributed by atoms with Gasteiger partial charge in [0, 0.05) is 18.3 Å². The summed E-state index contributed by atoms with van der Waals surface area (Å²) in [4.78, 5) is 15.3. The summed E-state index contributed by atoms with van der Waals surface area (Å²) in [6, 6.07) is 11.3. The Hall–Kier alpha value is -2.20. The molecule has 0 saturated heterocycles. The standard InChI is InChI=1S/C13H13N3O/c14-8-9-3-5-10(6-4-9)11-2-1-7-16-12(11)13(15)17/h1-7H,8,14H2,(H2,15,17). The molecule has 1 aromatic carbocycles. The van der Waals surface area contributed by atoms with E-state index in [2.05, 4.69) is 4.98 Å². The topological polar surface area (TPSA) is 82.0 Å². The maximum Gasteiger partial charge on any atom is 0.267 e. The highest BCUT2D eigenvalue weighted by molar-refractivity contribution is 5.97. The van der Waals surface area contributed by atoms with E-state index in [9.17, 15) is 4.79 Å². The number of nitrogens with zero attached hydrogens (tertiary/aromatic N) is 1. The Morgan fingerprint density at radius 1 is 1.18 bits per heavy atom. The Labute approximate surface area is 99.3 Å². The lowest BCUT2D eigenvalue weighted by Crippen LogP contribution is -2.14. The summed E-state index contributed by atoms with van der Waals surface area (Å²) in [6.07, 6.45) is 1.55. The molecule has 0 bridgehead atoms. The van der Waals surface area contributed by atoms with Crippen LogP contribution in [0.15, 0.2) is 42.6 Å². The number of primary amides is 1. The normalized spacial score (nSPS) is 10.2. The van der Waals surface area contributed by atoms with Gasteiger partial charge in [0.05, 0.1) is 0 Å². The molecule has 86 valence electrons. The van der Waals surface area contributed by atoms with E-state index in [-0.39, 0.29) is 5.69 Å². The first kappa shape index (κ1) is 11.3. The quantitative estimate of drug-likeness (QED) is 0.829. The third kappa shape index (κ3) is 2.32. The third-order valence-corrected chi connectivity index (χ3v) is 2.54. The Balaban J connectivity index is 2.48. The molecule has 1 amide bonds. The number of carbonyl (C=O) groups is 1. The Kier molecular flexibility index (Phi) is 3.16. The number of benzene rings is 1. The minimum absolute atomic E-state index is 0.285. The van der Waals surface area contributed by atoms with E-state index in [1.54, 1.807) is 12.3 Å². The van der Waals surface area contributed by atoms with Crippen molar-refractivity contribution in [1.29, 1.82) is 0 Å². The van der Waals surface area contributed by atoms with Crippen molar-refractivity contribution in [2.24, 2.45) is 11.5 Å². The largest absolute Gasteiger partial charge is 0.364 e. The van der Waals surface area contributed by atoms with Crippen LogP contribution >= 0.6 is 0 Å². The van der Waals surface area contributed by atoms with Crippen LogP contribution in [0, 0.1) is 0 Å². The lowest BCUT2D eigenvalue weighted by Gasteiger charge is -2.06. The van der Waals surface area contributed by atoms with E-state index in [0.717, 1.165) is 16.7 Å². The smallest absolute Gasteiger partial charge is 0.267 e. The molecular formula is C13H13N3O. The Morgan fingerprint density at radius 3 is 2.47 bits per heavy atom. The van der Waals surface area contributed by atoms with Crippen LogP contribution in [0.5, 0.6) is 0 Å². The van der Waals surface area contributed by atoms with Crippen molar-refractivity contribution < 1.29 is 4.79 Å². The molecule has 4 heteroatoms. The number of aromatic nitrogens is 1. The molecule has 17 heavy (non-hydrogen) atoms. The summed E-state index contributed by atoms with van der Waals surface area (Å²) in [6.45, 7) is 0.496. The van der Waals surface area contributed by atoms with Crippen molar-refractivity contribution in [1.82, 2.24) is 4.98 Å². The molecule has 0 unspecified atom stereocenters. The Bertz CT molecular complexity index is 535. The van der Waals surface area contributed by atoms with Crippen molar-refractivity contribution in [3.05, 3.63) is 53.9 Å². The zero-order chi connectivity index (χ0) is 12.3. The van der Waals surface area contributed by atoms with Crippen LogP contribution in [0.1, 0.15) is 16.1 Å². The van der Waals surface area contributed by atoms with Crippen molar-refractivity contribution in [3.8, 4) is 11.1 Å². The zero-order valence-electron chi connectivity index (χ0n) is 9.26. The molecule has 2 rings (SSSR count). The highest BCUT2D eigenvalue weighted by Gasteiger charge is 2.10. The van der Waals surface area contributed by atoms with E-state index >= 15 is 0 Å². The van der Waals surface area contributed by atoms with Crippen LogP contribution in [0.4, 0.5) is 0 Å². The van der Waals surface area contributed by atoms with Gasteiger partial charge in [-0.05, 0) is 17.2 Å². The lowest BCUT2D eigenvalue weighted by atomic mass is 10.0. The van der Waals surface area contributed by atoms with E-state index in [1.807, 2.05) is 30.3 Å². The number of hydrogen-bond acceptors (Lipinski definition) is 3. The van der Waals surface area contributed by atoms with Gasteiger partial charge in [-0.25, -0.2) is 0 Å². The monoisotopic (exact) mass is 227 g/mol. The molecule has 0 spiro atoms. The highest BCUT2D eigenvalue weighted by atomic mass is 16.1. The molecule has 4 N–H and O–H groups in total. The molecule has 0 saturated carbocycles. The van der Waals surface area contributed by atoms with E-state index in [4.69, 9.17) is 11.5 Å². The second-order valence-electron chi connectivity index (χ2n) is 3.66. The van der Waals surface area contributed by atoms with Gasteiger partial charge < -0.3 is 11.5 Å².